The Hall–Kier alpha value is -1.52. The van der Waals surface area contributed by atoms with Crippen LogP contribution in [-0.2, 0) is 6.54 Å². The molecule has 0 radical (unpaired) electrons. The normalized spacial score (nSPS) is 13.3. The number of aromatic nitrogens is 2. The van der Waals surface area contributed by atoms with Crippen molar-refractivity contribution in [2.75, 3.05) is 26.7 Å². The molecule has 0 aliphatic heterocycles. The van der Waals surface area contributed by atoms with Crippen molar-refractivity contribution in [1.82, 2.24) is 20.0 Å². The Bertz CT molecular complexity index is 464. The zero-order valence-corrected chi connectivity index (χ0v) is 15.2. The van der Waals surface area contributed by atoms with Gasteiger partial charge in [-0.1, -0.05) is 20.3 Å². The fourth-order valence-electron chi connectivity index (χ4n) is 2.43. The Labute approximate surface area is 135 Å². The first-order chi connectivity index (χ1) is 10.5. The van der Waals surface area contributed by atoms with Gasteiger partial charge in [-0.3, -0.25) is 9.67 Å². The van der Waals surface area contributed by atoms with Crippen molar-refractivity contribution in [3.63, 3.8) is 0 Å². The summed E-state index contributed by atoms with van der Waals surface area (Å²) in [5.74, 6) is 1.47. The number of unbranched alkanes of at least 4 members (excludes halogenated alkanes) is 1. The summed E-state index contributed by atoms with van der Waals surface area (Å²) >= 11 is 0. The van der Waals surface area contributed by atoms with Gasteiger partial charge < -0.3 is 10.2 Å². The Kier molecular flexibility index (Phi) is 7.99. The van der Waals surface area contributed by atoms with Crippen LogP contribution < -0.4 is 5.32 Å². The maximum absolute atomic E-state index is 4.79. The second kappa shape index (κ2) is 9.49. The van der Waals surface area contributed by atoms with Crippen LogP contribution in [-0.4, -0.2) is 47.3 Å². The number of guanidine groups is 1. The molecular formula is C17H33N5. The molecule has 5 heteroatoms. The molecule has 22 heavy (non-hydrogen) atoms. The van der Waals surface area contributed by atoms with E-state index in [0.29, 0.717) is 5.92 Å². The highest BCUT2D eigenvalue weighted by Crippen LogP contribution is 2.07. The number of nitrogens with one attached hydrogen (secondary N) is 1. The molecule has 0 bridgehead atoms. The third kappa shape index (κ3) is 6.08. The SMILES string of the molecule is CCCCN(C)C(=NCC(C)Cn1nc(C)cc1C)NCC. The summed E-state index contributed by atoms with van der Waals surface area (Å²) in [5.41, 5.74) is 2.31. The summed E-state index contributed by atoms with van der Waals surface area (Å²) in [6, 6.07) is 2.12. The topological polar surface area (TPSA) is 45.5 Å². The minimum Gasteiger partial charge on any atom is -0.357 e. The molecule has 1 unspecified atom stereocenters. The summed E-state index contributed by atoms with van der Waals surface area (Å²) in [4.78, 5) is 7.01. The third-order valence-electron chi connectivity index (χ3n) is 3.68. The van der Waals surface area contributed by atoms with Crippen LogP contribution in [0, 0.1) is 19.8 Å². The van der Waals surface area contributed by atoms with E-state index in [1.54, 1.807) is 0 Å². The van der Waals surface area contributed by atoms with E-state index in [9.17, 15) is 0 Å². The van der Waals surface area contributed by atoms with Crippen molar-refractivity contribution in [3.8, 4) is 0 Å². The average molecular weight is 307 g/mol. The number of hydrogen-bond donors (Lipinski definition) is 1. The van der Waals surface area contributed by atoms with Gasteiger partial charge in [-0.05, 0) is 39.2 Å². The third-order valence-corrected chi connectivity index (χ3v) is 3.68. The summed E-state index contributed by atoms with van der Waals surface area (Å²) in [6.07, 6.45) is 2.40. The van der Waals surface area contributed by atoms with Crippen LogP contribution in [0.2, 0.25) is 0 Å². The first kappa shape index (κ1) is 18.5. The largest absolute Gasteiger partial charge is 0.357 e. The van der Waals surface area contributed by atoms with E-state index >= 15 is 0 Å². The summed E-state index contributed by atoms with van der Waals surface area (Å²) in [7, 11) is 2.11. The van der Waals surface area contributed by atoms with E-state index in [0.717, 1.165) is 37.8 Å². The zero-order chi connectivity index (χ0) is 16.5. The van der Waals surface area contributed by atoms with Gasteiger partial charge in [0.25, 0.3) is 0 Å². The number of aliphatic imine (C=N–C) groups is 1. The molecule has 1 aromatic heterocycles. The van der Waals surface area contributed by atoms with Crippen LogP contribution in [0.15, 0.2) is 11.1 Å². The van der Waals surface area contributed by atoms with Crippen molar-refractivity contribution in [2.24, 2.45) is 10.9 Å². The molecule has 0 aliphatic carbocycles. The van der Waals surface area contributed by atoms with Gasteiger partial charge in [0.1, 0.15) is 0 Å². The molecule has 1 rings (SSSR count). The maximum atomic E-state index is 4.79. The Morgan fingerprint density at radius 1 is 1.41 bits per heavy atom. The van der Waals surface area contributed by atoms with E-state index in [1.807, 2.05) is 6.92 Å². The van der Waals surface area contributed by atoms with E-state index in [4.69, 9.17) is 4.99 Å². The molecule has 1 heterocycles. The van der Waals surface area contributed by atoms with Crippen LogP contribution in [0.3, 0.4) is 0 Å². The van der Waals surface area contributed by atoms with E-state index in [-0.39, 0.29) is 0 Å². The standard InChI is InChI=1S/C17H33N5/c1-7-9-10-21(6)17(18-8-2)19-12-14(3)13-22-16(5)11-15(4)20-22/h11,14H,7-10,12-13H2,1-6H3,(H,18,19). The smallest absolute Gasteiger partial charge is 0.193 e. The molecule has 0 saturated carbocycles. The minimum absolute atomic E-state index is 0.464. The van der Waals surface area contributed by atoms with E-state index in [2.05, 4.69) is 60.8 Å². The molecule has 126 valence electrons. The highest BCUT2D eigenvalue weighted by Gasteiger charge is 2.09. The zero-order valence-electron chi connectivity index (χ0n) is 15.2. The molecule has 0 fully saturated rings. The second-order valence-electron chi connectivity index (χ2n) is 6.18. The van der Waals surface area contributed by atoms with E-state index < -0.39 is 0 Å². The van der Waals surface area contributed by atoms with Crippen LogP contribution in [0.4, 0.5) is 0 Å². The highest BCUT2D eigenvalue weighted by atomic mass is 15.3. The molecule has 1 N–H and O–H groups in total. The Morgan fingerprint density at radius 3 is 2.68 bits per heavy atom. The first-order valence-electron chi connectivity index (χ1n) is 8.48. The summed E-state index contributed by atoms with van der Waals surface area (Å²) in [5, 5.41) is 7.91. The monoisotopic (exact) mass is 307 g/mol. The molecule has 1 aromatic rings. The van der Waals surface area contributed by atoms with Crippen LogP contribution in [0.5, 0.6) is 0 Å². The van der Waals surface area contributed by atoms with Gasteiger partial charge in [-0.2, -0.15) is 5.10 Å². The van der Waals surface area contributed by atoms with Crippen molar-refractivity contribution in [2.45, 2.75) is 54.0 Å². The molecule has 0 spiro atoms. The molecule has 0 saturated heterocycles. The van der Waals surface area contributed by atoms with E-state index in [1.165, 1.54) is 18.5 Å². The Morgan fingerprint density at radius 2 is 2.14 bits per heavy atom. The minimum atomic E-state index is 0.464. The lowest BCUT2D eigenvalue weighted by Crippen LogP contribution is -2.39. The van der Waals surface area contributed by atoms with Gasteiger partial charge in [0.15, 0.2) is 5.96 Å². The first-order valence-corrected chi connectivity index (χ1v) is 8.48. The van der Waals surface area contributed by atoms with Crippen molar-refractivity contribution in [3.05, 3.63) is 17.5 Å². The molecule has 0 amide bonds. The van der Waals surface area contributed by atoms with Crippen molar-refractivity contribution >= 4 is 5.96 Å². The van der Waals surface area contributed by atoms with Crippen LogP contribution in [0.1, 0.15) is 45.0 Å². The molecule has 0 aliphatic rings. The molecular weight excluding hydrogens is 274 g/mol. The molecule has 5 nitrogen and oxygen atoms in total. The highest BCUT2D eigenvalue weighted by molar-refractivity contribution is 5.79. The van der Waals surface area contributed by atoms with Gasteiger partial charge in [-0.15, -0.1) is 0 Å². The van der Waals surface area contributed by atoms with Gasteiger partial charge in [0.05, 0.1) is 5.69 Å². The predicted octanol–water partition coefficient (Wildman–Crippen LogP) is 2.83. The maximum Gasteiger partial charge on any atom is 0.193 e. The Balaban J connectivity index is 2.58. The lowest BCUT2D eigenvalue weighted by molar-refractivity contribution is 0.436. The number of rotatable bonds is 8. The number of hydrogen-bond acceptors (Lipinski definition) is 2. The number of aryl methyl sites for hydroxylation is 2. The predicted molar refractivity (Wildman–Crippen MR) is 94.4 cm³/mol. The van der Waals surface area contributed by atoms with Gasteiger partial charge in [0.2, 0.25) is 0 Å². The fraction of sp³-hybridized carbons (Fsp3) is 0.765. The molecule has 0 aromatic carbocycles. The van der Waals surface area contributed by atoms with Crippen LogP contribution in [0.25, 0.3) is 0 Å². The molecule has 1 atom stereocenters. The fourth-order valence-corrected chi connectivity index (χ4v) is 2.43. The van der Waals surface area contributed by atoms with Crippen molar-refractivity contribution < 1.29 is 0 Å². The van der Waals surface area contributed by atoms with Gasteiger partial charge >= 0.3 is 0 Å². The number of nitrogens with zero attached hydrogens (tertiary/aromatic N) is 4. The van der Waals surface area contributed by atoms with Gasteiger partial charge in [-0.25, -0.2) is 0 Å². The summed E-state index contributed by atoms with van der Waals surface area (Å²) in [6.45, 7) is 14.4. The quantitative estimate of drug-likeness (QED) is 0.593. The van der Waals surface area contributed by atoms with Crippen LogP contribution >= 0.6 is 0 Å². The van der Waals surface area contributed by atoms with Gasteiger partial charge in [0, 0.05) is 38.9 Å². The van der Waals surface area contributed by atoms with Crippen molar-refractivity contribution in [1.29, 1.82) is 0 Å². The average Bonchev–Trinajstić information content (AvgIpc) is 2.78. The lowest BCUT2D eigenvalue weighted by Gasteiger charge is -2.22. The lowest BCUT2D eigenvalue weighted by atomic mass is 10.2. The summed E-state index contributed by atoms with van der Waals surface area (Å²) < 4.78 is 2.09. The second-order valence-corrected chi connectivity index (χ2v) is 6.18.